The zero-order valence-corrected chi connectivity index (χ0v) is 10.4. The second-order valence-corrected chi connectivity index (χ2v) is 4.58. The molecule has 2 rings (SSSR count). The van der Waals surface area contributed by atoms with Gasteiger partial charge in [-0.2, -0.15) is 13.2 Å². The van der Waals surface area contributed by atoms with E-state index >= 15 is 0 Å². The molecule has 0 spiro atoms. The van der Waals surface area contributed by atoms with Gasteiger partial charge in [-0.1, -0.05) is 12.1 Å². The van der Waals surface area contributed by atoms with Crippen molar-refractivity contribution in [2.75, 3.05) is 26.4 Å². The summed E-state index contributed by atoms with van der Waals surface area (Å²) in [5.41, 5.74) is 0.158. The maximum Gasteiger partial charge on any atom is 0.416 e. The van der Waals surface area contributed by atoms with E-state index in [-0.39, 0.29) is 12.6 Å². The number of alkyl halides is 3. The number of hydrogen-bond donors (Lipinski definition) is 1. The van der Waals surface area contributed by atoms with Crippen molar-refractivity contribution in [3.8, 4) is 0 Å². The Kier molecular flexibility index (Phi) is 4.44. The van der Waals surface area contributed by atoms with Gasteiger partial charge in [-0.25, -0.2) is 0 Å². The highest BCUT2D eigenvalue weighted by Gasteiger charge is 2.30. The number of morpholine rings is 1. The first-order valence-electron chi connectivity index (χ1n) is 6.09. The minimum Gasteiger partial charge on any atom is -0.395 e. The van der Waals surface area contributed by atoms with Gasteiger partial charge in [-0.15, -0.1) is 0 Å². The molecule has 0 aromatic heterocycles. The van der Waals surface area contributed by atoms with Crippen molar-refractivity contribution >= 4 is 0 Å². The molecule has 3 nitrogen and oxygen atoms in total. The summed E-state index contributed by atoms with van der Waals surface area (Å²) in [6, 6.07) is 5.04. The van der Waals surface area contributed by atoms with Gasteiger partial charge in [0.1, 0.15) is 0 Å². The molecule has 0 aliphatic carbocycles. The smallest absolute Gasteiger partial charge is 0.395 e. The first-order valence-corrected chi connectivity index (χ1v) is 6.09. The molecular formula is C13H16F3NO2. The lowest BCUT2D eigenvalue weighted by molar-refractivity contribution is -0.137. The van der Waals surface area contributed by atoms with Crippen LogP contribution in [0.3, 0.4) is 0 Å². The van der Waals surface area contributed by atoms with Crippen LogP contribution < -0.4 is 0 Å². The summed E-state index contributed by atoms with van der Waals surface area (Å²) >= 11 is 0. The van der Waals surface area contributed by atoms with Gasteiger partial charge in [-0.3, -0.25) is 4.90 Å². The standard InChI is InChI=1S/C13H16F3NO2/c14-13(15,16)11-3-1-10(2-4-11)7-17-5-6-19-9-12(17)8-18/h1-4,12,18H,5-9H2. The number of benzene rings is 1. The number of rotatable bonds is 3. The van der Waals surface area contributed by atoms with Crippen LogP contribution in [-0.4, -0.2) is 42.4 Å². The van der Waals surface area contributed by atoms with Crippen molar-refractivity contribution in [3.63, 3.8) is 0 Å². The fourth-order valence-electron chi connectivity index (χ4n) is 2.10. The molecule has 1 aliphatic heterocycles. The van der Waals surface area contributed by atoms with Gasteiger partial charge in [-0.05, 0) is 17.7 Å². The summed E-state index contributed by atoms with van der Waals surface area (Å²) in [4.78, 5) is 2.02. The Morgan fingerprint density at radius 1 is 1.26 bits per heavy atom. The molecule has 1 fully saturated rings. The molecule has 1 heterocycles. The van der Waals surface area contributed by atoms with Crippen LogP contribution in [0.4, 0.5) is 13.2 Å². The fourth-order valence-corrected chi connectivity index (χ4v) is 2.10. The summed E-state index contributed by atoms with van der Waals surface area (Å²) in [6.45, 7) is 2.22. The van der Waals surface area contributed by atoms with Gasteiger partial charge >= 0.3 is 6.18 Å². The highest BCUT2D eigenvalue weighted by atomic mass is 19.4. The summed E-state index contributed by atoms with van der Waals surface area (Å²) in [5.74, 6) is 0. The molecule has 1 unspecified atom stereocenters. The Bertz CT molecular complexity index is 405. The average molecular weight is 275 g/mol. The van der Waals surface area contributed by atoms with Crippen LogP contribution in [0.15, 0.2) is 24.3 Å². The monoisotopic (exact) mass is 275 g/mol. The molecule has 1 N–H and O–H groups in total. The lowest BCUT2D eigenvalue weighted by Gasteiger charge is -2.34. The molecule has 1 aromatic rings. The van der Waals surface area contributed by atoms with E-state index in [1.807, 2.05) is 4.90 Å². The van der Waals surface area contributed by atoms with Gasteiger partial charge in [0.05, 0.1) is 31.4 Å². The van der Waals surface area contributed by atoms with E-state index in [2.05, 4.69) is 0 Å². The third-order valence-electron chi connectivity index (χ3n) is 3.23. The van der Waals surface area contributed by atoms with Crippen molar-refractivity contribution < 1.29 is 23.0 Å². The molecule has 0 saturated carbocycles. The van der Waals surface area contributed by atoms with E-state index in [0.717, 1.165) is 17.7 Å². The quantitative estimate of drug-likeness (QED) is 0.914. The van der Waals surface area contributed by atoms with Crippen molar-refractivity contribution in [2.24, 2.45) is 0 Å². The second kappa shape index (κ2) is 5.90. The molecule has 0 bridgehead atoms. The van der Waals surface area contributed by atoms with Crippen molar-refractivity contribution in [3.05, 3.63) is 35.4 Å². The van der Waals surface area contributed by atoms with E-state index in [1.165, 1.54) is 12.1 Å². The maximum absolute atomic E-state index is 12.4. The van der Waals surface area contributed by atoms with E-state index in [0.29, 0.717) is 26.3 Å². The number of hydrogen-bond acceptors (Lipinski definition) is 3. The summed E-state index contributed by atoms with van der Waals surface area (Å²) < 4.78 is 42.6. The first-order chi connectivity index (χ1) is 9.00. The van der Waals surface area contributed by atoms with Crippen LogP contribution >= 0.6 is 0 Å². The van der Waals surface area contributed by atoms with Crippen LogP contribution in [0.1, 0.15) is 11.1 Å². The Morgan fingerprint density at radius 2 is 1.95 bits per heavy atom. The molecule has 1 aliphatic rings. The SMILES string of the molecule is OCC1COCCN1Cc1ccc(C(F)(F)F)cc1. The summed E-state index contributed by atoms with van der Waals surface area (Å²) in [7, 11) is 0. The Balaban J connectivity index is 2.02. The second-order valence-electron chi connectivity index (χ2n) is 4.58. The molecule has 6 heteroatoms. The normalized spacial score (nSPS) is 21.6. The van der Waals surface area contributed by atoms with Crippen LogP contribution in [0, 0.1) is 0 Å². The largest absolute Gasteiger partial charge is 0.416 e. The molecule has 1 atom stereocenters. The number of aliphatic hydroxyl groups is 1. The average Bonchev–Trinajstić information content (AvgIpc) is 2.39. The number of aliphatic hydroxyl groups excluding tert-OH is 1. The zero-order chi connectivity index (χ0) is 13.9. The van der Waals surface area contributed by atoms with Crippen molar-refractivity contribution in [1.82, 2.24) is 4.90 Å². The van der Waals surface area contributed by atoms with E-state index < -0.39 is 11.7 Å². The minimum atomic E-state index is -4.30. The predicted octanol–water partition coefficient (Wildman–Crippen LogP) is 1.90. The van der Waals surface area contributed by atoms with E-state index in [1.54, 1.807) is 0 Å². The topological polar surface area (TPSA) is 32.7 Å². The summed E-state index contributed by atoms with van der Waals surface area (Å²) in [5, 5.41) is 9.22. The molecular weight excluding hydrogens is 259 g/mol. The van der Waals surface area contributed by atoms with E-state index in [4.69, 9.17) is 4.74 Å². The van der Waals surface area contributed by atoms with Gasteiger partial charge in [0.2, 0.25) is 0 Å². The Hall–Kier alpha value is -1.11. The van der Waals surface area contributed by atoms with Gasteiger partial charge < -0.3 is 9.84 Å². The van der Waals surface area contributed by atoms with Crippen LogP contribution in [0.2, 0.25) is 0 Å². The van der Waals surface area contributed by atoms with Crippen LogP contribution in [0.5, 0.6) is 0 Å². The van der Waals surface area contributed by atoms with E-state index in [9.17, 15) is 18.3 Å². The molecule has 106 valence electrons. The first kappa shape index (κ1) is 14.3. The van der Waals surface area contributed by atoms with Crippen LogP contribution in [0.25, 0.3) is 0 Å². The molecule has 0 radical (unpaired) electrons. The Labute approximate surface area is 109 Å². The third kappa shape index (κ3) is 3.68. The van der Waals surface area contributed by atoms with Gasteiger partial charge in [0, 0.05) is 13.1 Å². The van der Waals surface area contributed by atoms with Crippen molar-refractivity contribution in [2.45, 2.75) is 18.8 Å². The van der Waals surface area contributed by atoms with Gasteiger partial charge in [0.15, 0.2) is 0 Å². The third-order valence-corrected chi connectivity index (χ3v) is 3.23. The Morgan fingerprint density at radius 3 is 2.53 bits per heavy atom. The molecule has 19 heavy (non-hydrogen) atoms. The minimum absolute atomic E-state index is 0.0133. The predicted molar refractivity (Wildman–Crippen MR) is 63.5 cm³/mol. The molecule has 1 aromatic carbocycles. The molecule has 0 amide bonds. The summed E-state index contributed by atoms with van der Waals surface area (Å²) in [6.07, 6.45) is -4.30. The lowest BCUT2D eigenvalue weighted by atomic mass is 10.1. The fraction of sp³-hybridized carbons (Fsp3) is 0.538. The number of halogens is 3. The maximum atomic E-state index is 12.4. The van der Waals surface area contributed by atoms with Crippen LogP contribution in [-0.2, 0) is 17.5 Å². The lowest BCUT2D eigenvalue weighted by Crippen LogP contribution is -2.46. The highest BCUT2D eigenvalue weighted by Crippen LogP contribution is 2.29. The highest BCUT2D eigenvalue weighted by molar-refractivity contribution is 5.24. The van der Waals surface area contributed by atoms with Crippen molar-refractivity contribution in [1.29, 1.82) is 0 Å². The zero-order valence-electron chi connectivity index (χ0n) is 10.4. The number of nitrogens with zero attached hydrogens (tertiary/aromatic N) is 1. The molecule has 1 saturated heterocycles. The van der Waals surface area contributed by atoms with Gasteiger partial charge in [0.25, 0.3) is 0 Å². The number of ether oxygens (including phenoxy) is 1.